The van der Waals surface area contributed by atoms with Crippen LogP contribution in [0.15, 0.2) is 12.4 Å². The summed E-state index contributed by atoms with van der Waals surface area (Å²) in [6.07, 6.45) is 3.04. The Kier molecular flexibility index (Phi) is 5.70. The monoisotopic (exact) mass is 297 g/mol. The van der Waals surface area contributed by atoms with Crippen molar-refractivity contribution in [2.45, 2.75) is 12.5 Å². The number of nitrogens with one attached hydrogen (secondary N) is 2. The Morgan fingerprint density at radius 3 is 2.62 bits per heavy atom. The number of carbonyl (C=O) groups excluding carboxylic acids is 2. The zero-order valence-electron chi connectivity index (χ0n) is 12.2. The maximum Gasteiger partial charge on any atom is 0.331 e. The Morgan fingerprint density at radius 2 is 2.14 bits per heavy atom. The van der Waals surface area contributed by atoms with Crippen LogP contribution in [0, 0.1) is 0 Å². The van der Waals surface area contributed by atoms with E-state index in [1.54, 1.807) is 7.05 Å². The van der Waals surface area contributed by atoms with Crippen molar-refractivity contribution in [3.8, 4) is 0 Å². The molecular formula is C12H19N5O4. The second-order valence-corrected chi connectivity index (χ2v) is 4.51. The van der Waals surface area contributed by atoms with Gasteiger partial charge in [-0.3, -0.25) is 9.48 Å². The molecule has 0 fully saturated rings. The summed E-state index contributed by atoms with van der Waals surface area (Å²) in [6, 6.07) is -1.76. The summed E-state index contributed by atoms with van der Waals surface area (Å²) in [5.41, 5.74) is 0.373. The first kappa shape index (κ1) is 16.5. The Labute approximate surface area is 121 Å². The summed E-state index contributed by atoms with van der Waals surface area (Å²) < 4.78 is 1.45. The van der Waals surface area contributed by atoms with E-state index in [4.69, 9.17) is 0 Å². The topological polar surface area (TPSA) is 117 Å². The van der Waals surface area contributed by atoms with E-state index in [1.165, 1.54) is 36.1 Å². The number of nitrogens with zero attached hydrogens (tertiary/aromatic N) is 3. The standard InChI is InChI=1S/C12H19N5O4/c1-13-9(18)4-5-16(2)12(21)15-10(11(19)20)8-6-14-17(3)7-8/h6-7,10H,4-5H2,1-3H3,(H,13,18)(H,15,21)(H,19,20). The van der Waals surface area contributed by atoms with Gasteiger partial charge in [0.1, 0.15) is 0 Å². The summed E-state index contributed by atoms with van der Waals surface area (Å²) in [6.45, 7) is 0.185. The molecule has 1 aromatic rings. The minimum Gasteiger partial charge on any atom is -0.479 e. The van der Waals surface area contributed by atoms with Gasteiger partial charge < -0.3 is 20.6 Å². The summed E-state index contributed by atoms with van der Waals surface area (Å²) in [7, 11) is 4.64. The van der Waals surface area contributed by atoms with E-state index in [-0.39, 0.29) is 18.9 Å². The van der Waals surface area contributed by atoms with Crippen LogP contribution >= 0.6 is 0 Å². The van der Waals surface area contributed by atoms with Crippen LogP contribution in [-0.4, -0.2) is 58.3 Å². The highest BCUT2D eigenvalue weighted by Gasteiger charge is 2.24. The number of amides is 3. The average molecular weight is 297 g/mol. The molecule has 1 aromatic heterocycles. The van der Waals surface area contributed by atoms with E-state index in [9.17, 15) is 19.5 Å². The molecule has 1 unspecified atom stereocenters. The number of aliphatic carboxylic acids is 1. The molecule has 1 heterocycles. The molecule has 0 saturated heterocycles. The third-order valence-corrected chi connectivity index (χ3v) is 2.87. The number of hydrogen-bond acceptors (Lipinski definition) is 4. The Balaban J connectivity index is 2.65. The molecule has 3 amide bonds. The zero-order chi connectivity index (χ0) is 16.0. The van der Waals surface area contributed by atoms with E-state index in [1.807, 2.05) is 0 Å². The fourth-order valence-electron chi connectivity index (χ4n) is 1.61. The molecule has 21 heavy (non-hydrogen) atoms. The molecule has 9 heteroatoms. The number of carbonyl (C=O) groups is 3. The first-order chi connectivity index (χ1) is 9.85. The molecule has 0 radical (unpaired) electrons. The first-order valence-corrected chi connectivity index (χ1v) is 6.28. The van der Waals surface area contributed by atoms with Crippen LogP contribution in [0.25, 0.3) is 0 Å². The van der Waals surface area contributed by atoms with Gasteiger partial charge in [0.15, 0.2) is 6.04 Å². The van der Waals surface area contributed by atoms with Crippen molar-refractivity contribution in [1.82, 2.24) is 25.3 Å². The molecule has 1 atom stereocenters. The molecule has 9 nitrogen and oxygen atoms in total. The molecular weight excluding hydrogens is 278 g/mol. The lowest BCUT2D eigenvalue weighted by molar-refractivity contribution is -0.139. The van der Waals surface area contributed by atoms with Gasteiger partial charge >= 0.3 is 12.0 Å². The van der Waals surface area contributed by atoms with Crippen molar-refractivity contribution >= 4 is 17.9 Å². The lowest BCUT2D eigenvalue weighted by Crippen LogP contribution is -2.43. The van der Waals surface area contributed by atoms with Crippen LogP contribution in [-0.2, 0) is 16.6 Å². The SMILES string of the molecule is CNC(=O)CCN(C)C(=O)NC(C(=O)O)c1cnn(C)c1. The highest BCUT2D eigenvalue weighted by atomic mass is 16.4. The van der Waals surface area contributed by atoms with Crippen molar-refractivity contribution in [2.24, 2.45) is 7.05 Å². The average Bonchev–Trinajstić information content (AvgIpc) is 2.87. The zero-order valence-corrected chi connectivity index (χ0v) is 12.2. The van der Waals surface area contributed by atoms with Crippen LogP contribution in [0.4, 0.5) is 4.79 Å². The van der Waals surface area contributed by atoms with Crippen LogP contribution < -0.4 is 10.6 Å². The van der Waals surface area contributed by atoms with Crippen LogP contribution in [0.5, 0.6) is 0 Å². The molecule has 3 N–H and O–H groups in total. The van der Waals surface area contributed by atoms with E-state index in [0.29, 0.717) is 5.56 Å². The van der Waals surface area contributed by atoms with Gasteiger partial charge in [-0.2, -0.15) is 5.10 Å². The smallest absolute Gasteiger partial charge is 0.331 e. The van der Waals surface area contributed by atoms with Gasteiger partial charge in [0.25, 0.3) is 0 Å². The van der Waals surface area contributed by atoms with Crippen molar-refractivity contribution in [1.29, 1.82) is 0 Å². The third-order valence-electron chi connectivity index (χ3n) is 2.87. The summed E-state index contributed by atoms with van der Waals surface area (Å²) in [4.78, 5) is 35.5. The Hall–Kier alpha value is -2.58. The van der Waals surface area contributed by atoms with Gasteiger partial charge in [0.05, 0.1) is 6.20 Å². The van der Waals surface area contributed by atoms with Gasteiger partial charge in [0, 0.05) is 45.9 Å². The van der Waals surface area contributed by atoms with Crippen LogP contribution in [0.1, 0.15) is 18.0 Å². The fourth-order valence-corrected chi connectivity index (χ4v) is 1.61. The van der Waals surface area contributed by atoms with Gasteiger partial charge in [-0.25, -0.2) is 9.59 Å². The van der Waals surface area contributed by atoms with Gasteiger partial charge in [-0.1, -0.05) is 0 Å². The molecule has 0 spiro atoms. The predicted molar refractivity (Wildman–Crippen MR) is 73.4 cm³/mol. The van der Waals surface area contributed by atoms with E-state index in [0.717, 1.165) is 0 Å². The lowest BCUT2D eigenvalue weighted by atomic mass is 10.1. The maximum atomic E-state index is 11.9. The quantitative estimate of drug-likeness (QED) is 0.643. The largest absolute Gasteiger partial charge is 0.479 e. The number of rotatable bonds is 6. The number of aryl methyl sites for hydroxylation is 1. The van der Waals surface area contributed by atoms with E-state index >= 15 is 0 Å². The maximum absolute atomic E-state index is 11.9. The molecule has 116 valence electrons. The number of aromatic nitrogens is 2. The molecule has 1 rings (SSSR count). The number of urea groups is 1. The van der Waals surface area contributed by atoms with Gasteiger partial charge in [0.2, 0.25) is 5.91 Å². The van der Waals surface area contributed by atoms with Gasteiger partial charge in [-0.05, 0) is 0 Å². The highest BCUT2D eigenvalue weighted by Crippen LogP contribution is 2.12. The van der Waals surface area contributed by atoms with E-state index in [2.05, 4.69) is 15.7 Å². The Morgan fingerprint density at radius 1 is 1.48 bits per heavy atom. The second kappa shape index (κ2) is 7.27. The summed E-state index contributed by atoms with van der Waals surface area (Å²) in [5, 5.41) is 17.9. The van der Waals surface area contributed by atoms with Crippen LogP contribution in [0.3, 0.4) is 0 Å². The molecule has 0 aliphatic heterocycles. The third kappa shape index (κ3) is 4.79. The summed E-state index contributed by atoms with van der Waals surface area (Å²) >= 11 is 0. The minimum atomic E-state index is -1.19. The van der Waals surface area contributed by atoms with Crippen molar-refractivity contribution in [3.05, 3.63) is 18.0 Å². The van der Waals surface area contributed by atoms with E-state index < -0.39 is 18.0 Å². The Bertz CT molecular complexity index is 527. The number of hydrogen-bond donors (Lipinski definition) is 3. The number of carboxylic acid groups (broad SMARTS) is 1. The lowest BCUT2D eigenvalue weighted by Gasteiger charge is -2.20. The second-order valence-electron chi connectivity index (χ2n) is 4.51. The first-order valence-electron chi connectivity index (χ1n) is 6.28. The van der Waals surface area contributed by atoms with Crippen molar-refractivity contribution in [2.75, 3.05) is 20.6 Å². The normalized spacial score (nSPS) is 11.6. The molecule has 0 bridgehead atoms. The molecule has 0 aliphatic rings. The minimum absolute atomic E-state index is 0.144. The highest BCUT2D eigenvalue weighted by molar-refractivity contribution is 5.84. The number of carboxylic acids is 1. The van der Waals surface area contributed by atoms with Crippen molar-refractivity contribution in [3.63, 3.8) is 0 Å². The van der Waals surface area contributed by atoms with Crippen molar-refractivity contribution < 1.29 is 19.5 Å². The van der Waals surface area contributed by atoms with Gasteiger partial charge in [-0.15, -0.1) is 0 Å². The fraction of sp³-hybridized carbons (Fsp3) is 0.500. The molecule has 0 aliphatic carbocycles. The van der Waals surface area contributed by atoms with Crippen LogP contribution in [0.2, 0.25) is 0 Å². The predicted octanol–water partition coefficient (Wildman–Crippen LogP) is -0.677. The summed E-state index contributed by atoms with van der Waals surface area (Å²) in [5.74, 6) is -1.38. The molecule has 0 aromatic carbocycles. The molecule has 0 saturated carbocycles.